The van der Waals surface area contributed by atoms with Crippen molar-refractivity contribution in [2.45, 2.75) is 6.61 Å². The molecule has 1 N–H and O–H groups in total. The summed E-state index contributed by atoms with van der Waals surface area (Å²) in [7, 11) is 0. The molecule has 0 radical (unpaired) electrons. The van der Waals surface area contributed by atoms with Gasteiger partial charge in [0.05, 0.1) is 18.4 Å². The molecule has 96 valence electrons. The van der Waals surface area contributed by atoms with Crippen LogP contribution in [0.15, 0.2) is 51.6 Å². The number of hydrogen-bond donors (Lipinski definition) is 1. The molecule has 0 saturated heterocycles. The molecule has 0 bridgehead atoms. The number of hydrogen-bond acceptors (Lipinski definition) is 4. The van der Waals surface area contributed by atoms with Gasteiger partial charge in [-0.3, -0.25) is 0 Å². The van der Waals surface area contributed by atoms with E-state index in [1.165, 1.54) is 0 Å². The van der Waals surface area contributed by atoms with Crippen LogP contribution in [-0.4, -0.2) is 10.3 Å². The van der Waals surface area contributed by atoms with Crippen molar-refractivity contribution in [2.24, 2.45) is 0 Å². The van der Waals surface area contributed by atoms with Crippen molar-refractivity contribution in [3.63, 3.8) is 0 Å². The first-order chi connectivity index (χ1) is 9.29. The second-order valence-corrected chi connectivity index (χ2v) is 4.42. The number of aliphatic hydroxyl groups excluding tert-OH is 1. The predicted octanol–water partition coefficient (Wildman–Crippen LogP) is 3.75. The van der Waals surface area contributed by atoms with E-state index in [1.807, 2.05) is 12.1 Å². The van der Waals surface area contributed by atoms with E-state index in [0.717, 1.165) is 5.56 Å². The van der Waals surface area contributed by atoms with Gasteiger partial charge in [0.2, 0.25) is 0 Å². The quantitative estimate of drug-likeness (QED) is 0.791. The molecular formula is C14H10ClNO3. The van der Waals surface area contributed by atoms with Gasteiger partial charge in [0, 0.05) is 10.6 Å². The number of nitrogens with zero attached hydrogens (tertiary/aromatic N) is 1. The molecule has 2 aromatic heterocycles. The lowest BCUT2D eigenvalue weighted by Gasteiger charge is -2.00. The maximum absolute atomic E-state index is 9.54. The lowest BCUT2D eigenvalue weighted by atomic mass is 10.1. The summed E-state index contributed by atoms with van der Waals surface area (Å²) < 4.78 is 10.6. The highest BCUT2D eigenvalue weighted by molar-refractivity contribution is 6.30. The number of halogens is 1. The maximum Gasteiger partial charge on any atom is 0.173 e. The Morgan fingerprint density at radius 2 is 2.11 bits per heavy atom. The Morgan fingerprint density at radius 1 is 1.21 bits per heavy atom. The molecule has 5 heteroatoms. The number of aliphatic hydroxyl groups is 1. The summed E-state index contributed by atoms with van der Waals surface area (Å²) >= 11 is 5.95. The molecule has 3 aromatic rings. The Labute approximate surface area is 114 Å². The first-order valence-electron chi connectivity index (χ1n) is 5.69. The lowest BCUT2D eigenvalue weighted by Crippen LogP contribution is -1.88. The monoisotopic (exact) mass is 275 g/mol. The fourth-order valence-electron chi connectivity index (χ4n) is 1.92. The van der Waals surface area contributed by atoms with Gasteiger partial charge in [0.25, 0.3) is 0 Å². The summed E-state index contributed by atoms with van der Waals surface area (Å²) in [5.74, 6) is 1.05. The third-order valence-electron chi connectivity index (χ3n) is 2.79. The van der Waals surface area contributed by atoms with Crippen LogP contribution in [0.3, 0.4) is 0 Å². The van der Waals surface area contributed by atoms with E-state index in [0.29, 0.717) is 27.8 Å². The number of furan rings is 1. The van der Waals surface area contributed by atoms with E-state index in [4.69, 9.17) is 20.5 Å². The normalized spacial score (nSPS) is 10.8. The first-order valence-corrected chi connectivity index (χ1v) is 6.06. The molecule has 0 aliphatic heterocycles. The highest BCUT2D eigenvalue weighted by Gasteiger charge is 2.19. The molecule has 0 spiro atoms. The van der Waals surface area contributed by atoms with Crippen LogP contribution in [0.4, 0.5) is 0 Å². The maximum atomic E-state index is 9.54. The summed E-state index contributed by atoms with van der Waals surface area (Å²) in [4.78, 5) is 0. The van der Waals surface area contributed by atoms with E-state index in [1.54, 1.807) is 30.5 Å². The molecule has 0 amide bonds. The molecule has 1 aromatic carbocycles. The summed E-state index contributed by atoms with van der Waals surface area (Å²) in [6.07, 6.45) is 1.55. The number of benzene rings is 1. The van der Waals surface area contributed by atoms with E-state index < -0.39 is 0 Å². The average molecular weight is 276 g/mol. The second kappa shape index (κ2) is 4.91. The van der Waals surface area contributed by atoms with Gasteiger partial charge >= 0.3 is 0 Å². The highest BCUT2D eigenvalue weighted by Crippen LogP contribution is 2.33. The molecular weight excluding hydrogens is 266 g/mol. The van der Waals surface area contributed by atoms with Crippen molar-refractivity contribution in [1.82, 2.24) is 5.16 Å². The Kier molecular flexibility index (Phi) is 3.11. The summed E-state index contributed by atoms with van der Waals surface area (Å²) in [5, 5.41) is 14.1. The van der Waals surface area contributed by atoms with Gasteiger partial charge in [-0.15, -0.1) is 0 Å². The molecule has 0 aliphatic carbocycles. The first kappa shape index (κ1) is 12.0. The zero-order valence-electron chi connectivity index (χ0n) is 9.84. The van der Waals surface area contributed by atoms with Gasteiger partial charge < -0.3 is 14.0 Å². The highest BCUT2D eigenvalue weighted by atomic mass is 35.5. The zero-order chi connectivity index (χ0) is 13.2. The Balaban J connectivity index is 2.13. The van der Waals surface area contributed by atoms with Crippen LogP contribution in [0.2, 0.25) is 5.02 Å². The van der Waals surface area contributed by atoms with Gasteiger partial charge in [-0.2, -0.15) is 0 Å². The Hall–Kier alpha value is -2.04. The van der Waals surface area contributed by atoms with Crippen LogP contribution in [0.1, 0.15) is 5.56 Å². The molecule has 0 saturated carbocycles. The van der Waals surface area contributed by atoms with E-state index >= 15 is 0 Å². The molecule has 2 heterocycles. The average Bonchev–Trinajstić information content (AvgIpc) is 3.07. The fraction of sp³-hybridized carbons (Fsp3) is 0.0714. The summed E-state index contributed by atoms with van der Waals surface area (Å²) in [5.41, 5.74) is 1.85. The van der Waals surface area contributed by atoms with Crippen LogP contribution in [-0.2, 0) is 6.61 Å². The van der Waals surface area contributed by atoms with Crippen LogP contribution < -0.4 is 0 Å². The fourth-order valence-corrected chi connectivity index (χ4v) is 2.11. The number of rotatable bonds is 3. The summed E-state index contributed by atoms with van der Waals surface area (Å²) in [6, 6.07) is 10.7. The van der Waals surface area contributed by atoms with Crippen molar-refractivity contribution < 1.29 is 14.0 Å². The van der Waals surface area contributed by atoms with Crippen molar-refractivity contribution in [3.05, 3.63) is 53.2 Å². The minimum absolute atomic E-state index is 0.193. The molecule has 0 unspecified atom stereocenters. The number of aromatic nitrogens is 1. The Bertz CT molecular complexity index is 689. The van der Waals surface area contributed by atoms with Crippen molar-refractivity contribution in [1.29, 1.82) is 0 Å². The van der Waals surface area contributed by atoms with Gasteiger partial charge in [-0.25, -0.2) is 0 Å². The van der Waals surface area contributed by atoms with Crippen molar-refractivity contribution in [3.8, 4) is 22.8 Å². The summed E-state index contributed by atoms with van der Waals surface area (Å²) in [6.45, 7) is -0.193. The minimum Gasteiger partial charge on any atom is -0.463 e. The largest absolute Gasteiger partial charge is 0.463 e. The second-order valence-electron chi connectivity index (χ2n) is 3.98. The zero-order valence-corrected chi connectivity index (χ0v) is 10.6. The van der Waals surface area contributed by atoms with Crippen molar-refractivity contribution in [2.75, 3.05) is 0 Å². The third-order valence-corrected chi connectivity index (χ3v) is 3.02. The molecule has 4 nitrogen and oxygen atoms in total. The van der Waals surface area contributed by atoms with Gasteiger partial charge in [0.1, 0.15) is 0 Å². The van der Waals surface area contributed by atoms with Crippen LogP contribution in [0.5, 0.6) is 0 Å². The standard InChI is InChI=1S/C14H10ClNO3/c15-10-4-1-3-9(7-10)14-11(8-17)13(16-19-14)12-5-2-6-18-12/h1-7,17H,8H2. The molecule has 0 aliphatic rings. The van der Waals surface area contributed by atoms with Gasteiger partial charge in [-0.05, 0) is 24.3 Å². The van der Waals surface area contributed by atoms with Crippen LogP contribution in [0.25, 0.3) is 22.8 Å². The van der Waals surface area contributed by atoms with E-state index in [9.17, 15) is 5.11 Å². The van der Waals surface area contributed by atoms with Crippen LogP contribution in [0, 0.1) is 0 Å². The smallest absolute Gasteiger partial charge is 0.173 e. The Morgan fingerprint density at radius 3 is 2.79 bits per heavy atom. The van der Waals surface area contributed by atoms with E-state index in [-0.39, 0.29) is 6.61 Å². The van der Waals surface area contributed by atoms with Crippen LogP contribution >= 0.6 is 11.6 Å². The molecule has 19 heavy (non-hydrogen) atoms. The molecule has 0 atom stereocenters. The lowest BCUT2D eigenvalue weighted by molar-refractivity contribution is 0.281. The SMILES string of the molecule is OCc1c(-c2ccco2)noc1-c1cccc(Cl)c1. The van der Waals surface area contributed by atoms with E-state index in [2.05, 4.69) is 5.16 Å². The molecule has 0 fully saturated rings. The topological polar surface area (TPSA) is 59.4 Å². The molecule has 3 rings (SSSR count). The third kappa shape index (κ3) is 2.16. The predicted molar refractivity (Wildman–Crippen MR) is 70.6 cm³/mol. The van der Waals surface area contributed by atoms with Gasteiger partial charge in [0.15, 0.2) is 17.2 Å². The van der Waals surface area contributed by atoms with Gasteiger partial charge in [-0.1, -0.05) is 28.9 Å². The minimum atomic E-state index is -0.193. The van der Waals surface area contributed by atoms with Crippen molar-refractivity contribution >= 4 is 11.6 Å².